The molecule has 1 unspecified atom stereocenters. The van der Waals surface area contributed by atoms with Gasteiger partial charge in [-0.2, -0.15) is 13.2 Å². The molecule has 3 heterocycles. The van der Waals surface area contributed by atoms with E-state index in [2.05, 4.69) is 9.88 Å². The molecule has 7 heteroatoms. The number of anilines is 1. The first-order valence-electron chi connectivity index (χ1n) is 9.43. The number of carbonyl (C=O) groups excluding carboxylic acids is 1. The highest BCUT2D eigenvalue weighted by Crippen LogP contribution is 2.35. The fourth-order valence-corrected chi connectivity index (χ4v) is 4.14. The average molecular weight is 377 g/mol. The Balaban J connectivity index is 1.55. The Morgan fingerprint density at radius 2 is 1.85 bits per heavy atom. The van der Waals surface area contributed by atoms with Crippen LogP contribution >= 0.6 is 0 Å². The lowest BCUT2D eigenvalue weighted by Gasteiger charge is -2.29. The molecule has 4 nitrogen and oxygen atoms in total. The number of carbonyl (C=O) groups is 1. The van der Waals surface area contributed by atoms with Crippen molar-refractivity contribution in [2.75, 3.05) is 31.1 Å². The van der Waals surface area contributed by atoms with Gasteiger partial charge in [0.15, 0.2) is 0 Å². The first-order valence-corrected chi connectivity index (χ1v) is 9.43. The molecule has 0 spiro atoms. The molecule has 27 heavy (non-hydrogen) atoms. The normalized spacial score (nSPS) is 21.1. The van der Waals surface area contributed by atoms with Crippen LogP contribution in [-0.4, -0.2) is 42.0 Å². The SMILES string of the molecule is O=C(C1CCN(c2ccnc3cc(C(F)(F)F)ccc23)C1)N1CCCCC1. The smallest absolute Gasteiger partial charge is 0.370 e. The Kier molecular flexibility index (Phi) is 4.70. The summed E-state index contributed by atoms with van der Waals surface area (Å²) >= 11 is 0. The van der Waals surface area contributed by atoms with E-state index in [0.717, 1.165) is 56.7 Å². The van der Waals surface area contributed by atoms with Gasteiger partial charge < -0.3 is 9.80 Å². The zero-order valence-corrected chi connectivity index (χ0v) is 15.0. The molecule has 2 aromatic rings. The maximum Gasteiger partial charge on any atom is 0.416 e. The van der Waals surface area contributed by atoms with Crippen molar-refractivity contribution in [2.45, 2.75) is 31.9 Å². The molecule has 0 bridgehead atoms. The number of benzene rings is 1. The van der Waals surface area contributed by atoms with Crippen molar-refractivity contribution in [2.24, 2.45) is 5.92 Å². The zero-order chi connectivity index (χ0) is 19.0. The van der Waals surface area contributed by atoms with E-state index in [1.807, 2.05) is 11.0 Å². The van der Waals surface area contributed by atoms with E-state index in [9.17, 15) is 18.0 Å². The van der Waals surface area contributed by atoms with E-state index in [1.54, 1.807) is 0 Å². The summed E-state index contributed by atoms with van der Waals surface area (Å²) in [5.41, 5.74) is 0.482. The number of amides is 1. The maximum atomic E-state index is 13.0. The van der Waals surface area contributed by atoms with Crippen LogP contribution < -0.4 is 4.90 Å². The van der Waals surface area contributed by atoms with Crippen molar-refractivity contribution in [3.05, 3.63) is 36.0 Å². The molecular formula is C20H22F3N3O. The number of rotatable bonds is 2. The number of halogens is 3. The van der Waals surface area contributed by atoms with E-state index < -0.39 is 11.7 Å². The van der Waals surface area contributed by atoms with Crippen LogP contribution in [0.15, 0.2) is 30.5 Å². The van der Waals surface area contributed by atoms with Gasteiger partial charge in [-0.3, -0.25) is 9.78 Å². The molecule has 0 saturated carbocycles. The van der Waals surface area contributed by atoms with Gasteiger partial charge >= 0.3 is 6.18 Å². The number of likely N-dealkylation sites (tertiary alicyclic amines) is 1. The third kappa shape index (κ3) is 3.59. The van der Waals surface area contributed by atoms with Gasteiger partial charge in [-0.25, -0.2) is 0 Å². The summed E-state index contributed by atoms with van der Waals surface area (Å²) in [6.45, 7) is 3.02. The Morgan fingerprint density at radius 3 is 2.59 bits per heavy atom. The van der Waals surface area contributed by atoms with Crippen molar-refractivity contribution in [1.82, 2.24) is 9.88 Å². The molecule has 2 saturated heterocycles. The van der Waals surface area contributed by atoms with Gasteiger partial charge in [-0.05, 0) is 43.9 Å². The zero-order valence-electron chi connectivity index (χ0n) is 15.0. The number of hydrogen-bond acceptors (Lipinski definition) is 3. The lowest BCUT2D eigenvalue weighted by molar-refractivity contribution is -0.137. The Hall–Kier alpha value is -2.31. The molecule has 0 aliphatic carbocycles. The van der Waals surface area contributed by atoms with Crippen LogP contribution in [0.25, 0.3) is 10.9 Å². The number of aromatic nitrogens is 1. The van der Waals surface area contributed by atoms with Crippen molar-refractivity contribution in [3.8, 4) is 0 Å². The average Bonchev–Trinajstić information content (AvgIpc) is 3.16. The van der Waals surface area contributed by atoms with Crippen LogP contribution in [0, 0.1) is 5.92 Å². The predicted octanol–water partition coefficient (Wildman–Crippen LogP) is 4.09. The van der Waals surface area contributed by atoms with E-state index in [4.69, 9.17) is 0 Å². The summed E-state index contributed by atoms with van der Waals surface area (Å²) in [7, 11) is 0. The molecule has 0 N–H and O–H groups in total. The molecule has 1 atom stereocenters. The fraction of sp³-hybridized carbons (Fsp3) is 0.500. The molecule has 0 radical (unpaired) electrons. The van der Waals surface area contributed by atoms with Gasteiger partial charge in [-0.1, -0.05) is 6.07 Å². The summed E-state index contributed by atoms with van der Waals surface area (Å²) in [5.74, 6) is 0.177. The highest BCUT2D eigenvalue weighted by atomic mass is 19.4. The molecule has 2 aliphatic heterocycles. The highest BCUT2D eigenvalue weighted by Gasteiger charge is 2.33. The second kappa shape index (κ2) is 7.02. The number of piperidine rings is 1. The third-order valence-electron chi connectivity index (χ3n) is 5.59. The van der Waals surface area contributed by atoms with E-state index >= 15 is 0 Å². The van der Waals surface area contributed by atoms with Crippen LogP contribution in [0.4, 0.5) is 18.9 Å². The molecule has 4 rings (SSSR count). The van der Waals surface area contributed by atoms with Crippen molar-refractivity contribution in [1.29, 1.82) is 0 Å². The van der Waals surface area contributed by atoms with Crippen LogP contribution in [0.3, 0.4) is 0 Å². The quantitative estimate of drug-likeness (QED) is 0.791. The summed E-state index contributed by atoms with van der Waals surface area (Å²) in [5, 5.41) is 0.691. The standard InChI is InChI=1S/C20H22F3N3O/c21-20(22,23)15-4-5-16-17(12-15)24-8-6-18(16)26-11-7-14(13-26)19(27)25-9-2-1-3-10-25/h4-6,8,12,14H,1-3,7,9-11,13H2. The number of alkyl halides is 3. The summed E-state index contributed by atoms with van der Waals surface area (Å²) < 4.78 is 38.9. The summed E-state index contributed by atoms with van der Waals surface area (Å²) in [6, 6.07) is 5.49. The van der Waals surface area contributed by atoms with Crippen LogP contribution in [-0.2, 0) is 11.0 Å². The van der Waals surface area contributed by atoms with Gasteiger partial charge in [0.1, 0.15) is 0 Å². The Morgan fingerprint density at radius 1 is 1.07 bits per heavy atom. The lowest BCUT2D eigenvalue weighted by atomic mass is 10.0. The number of pyridine rings is 1. The predicted molar refractivity (Wildman–Crippen MR) is 97.5 cm³/mol. The van der Waals surface area contributed by atoms with Gasteiger partial charge in [0.05, 0.1) is 17.0 Å². The van der Waals surface area contributed by atoms with Gasteiger partial charge in [0.25, 0.3) is 0 Å². The highest BCUT2D eigenvalue weighted by molar-refractivity contribution is 5.92. The van der Waals surface area contributed by atoms with Gasteiger partial charge in [0.2, 0.25) is 5.91 Å². The Bertz CT molecular complexity index is 846. The minimum atomic E-state index is -4.38. The lowest BCUT2D eigenvalue weighted by Crippen LogP contribution is -2.40. The van der Waals surface area contributed by atoms with E-state index in [0.29, 0.717) is 17.4 Å². The molecule has 144 valence electrons. The van der Waals surface area contributed by atoms with Gasteiger partial charge in [0, 0.05) is 43.4 Å². The molecule has 1 amide bonds. The summed E-state index contributed by atoms with van der Waals surface area (Å²) in [6.07, 6.45) is 1.25. The Labute approximate surface area is 156 Å². The van der Waals surface area contributed by atoms with E-state index in [1.165, 1.54) is 18.7 Å². The second-order valence-corrected chi connectivity index (χ2v) is 7.38. The largest absolute Gasteiger partial charge is 0.416 e. The molecular weight excluding hydrogens is 355 g/mol. The van der Waals surface area contributed by atoms with Crippen LogP contribution in [0.1, 0.15) is 31.2 Å². The second-order valence-electron chi connectivity index (χ2n) is 7.38. The van der Waals surface area contributed by atoms with E-state index in [-0.39, 0.29) is 11.8 Å². The molecule has 2 aliphatic rings. The van der Waals surface area contributed by atoms with Crippen molar-refractivity contribution < 1.29 is 18.0 Å². The molecule has 1 aromatic carbocycles. The maximum absolute atomic E-state index is 13.0. The first-order chi connectivity index (χ1) is 12.9. The minimum absolute atomic E-state index is 0.0410. The number of fused-ring (bicyclic) bond motifs is 1. The third-order valence-corrected chi connectivity index (χ3v) is 5.59. The van der Waals surface area contributed by atoms with Crippen molar-refractivity contribution in [3.63, 3.8) is 0 Å². The van der Waals surface area contributed by atoms with Gasteiger partial charge in [-0.15, -0.1) is 0 Å². The minimum Gasteiger partial charge on any atom is -0.370 e. The fourth-order valence-electron chi connectivity index (χ4n) is 4.14. The number of nitrogens with zero attached hydrogens (tertiary/aromatic N) is 3. The molecule has 1 aromatic heterocycles. The number of hydrogen-bond donors (Lipinski definition) is 0. The van der Waals surface area contributed by atoms with Crippen LogP contribution in [0.2, 0.25) is 0 Å². The topological polar surface area (TPSA) is 36.4 Å². The first kappa shape index (κ1) is 18.1. The molecule has 2 fully saturated rings. The summed E-state index contributed by atoms with van der Waals surface area (Å²) in [4.78, 5) is 20.9. The monoisotopic (exact) mass is 377 g/mol. The van der Waals surface area contributed by atoms with Crippen molar-refractivity contribution >= 4 is 22.5 Å². The van der Waals surface area contributed by atoms with Crippen LogP contribution in [0.5, 0.6) is 0 Å².